The van der Waals surface area contributed by atoms with E-state index in [-0.39, 0.29) is 11.5 Å². The van der Waals surface area contributed by atoms with Crippen LogP contribution in [-0.4, -0.2) is 4.98 Å². The maximum Gasteiger partial charge on any atom is 0.211 e. The molecule has 2 N–H and O–H groups in total. The molecule has 3 unspecified atom stereocenters. The lowest BCUT2D eigenvalue weighted by Gasteiger charge is -2.64. The molecule has 0 aromatic carbocycles. The van der Waals surface area contributed by atoms with Gasteiger partial charge in [-0.2, -0.15) is 0 Å². The van der Waals surface area contributed by atoms with Crippen molar-refractivity contribution in [2.45, 2.75) is 70.8 Å². The largest absolute Gasteiger partial charge is 0.443 e. The smallest absolute Gasteiger partial charge is 0.211 e. The van der Waals surface area contributed by atoms with Gasteiger partial charge in [0.15, 0.2) is 0 Å². The van der Waals surface area contributed by atoms with Crippen LogP contribution in [0.1, 0.15) is 77.0 Å². The Morgan fingerprint density at radius 1 is 1.20 bits per heavy atom. The topological polar surface area (TPSA) is 52.0 Å². The van der Waals surface area contributed by atoms with Gasteiger partial charge in [0.2, 0.25) is 5.89 Å². The Balaban J connectivity index is 1.76. The molecule has 3 atom stereocenters. The molecule has 3 nitrogen and oxygen atoms in total. The fourth-order valence-electron chi connectivity index (χ4n) is 6.47. The Kier molecular flexibility index (Phi) is 2.37. The molecule has 0 saturated heterocycles. The van der Waals surface area contributed by atoms with E-state index in [4.69, 9.17) is 10.2 Å². The fourth-order valence-corrected chi connectivity index (χ4v) is 6.47. The van der Waals surface area contributed by atoms with Crippen LogP contribution in [0.3, 0.4) is 0 Å². The van der Waals surface area contributed by atoms with E-state index in [1.165, 1.54) is 38.5 Å². The molecule has 4 aliphatic carbocycles. The highest BCUT2D eigenvalue weighted by Gasteiger charge is 2.61. The Hall–Kier alpha value is -0.830. The number of nitrogens with zero attached hydrogens (tertiary/aromatic N) is 1. The zero-order valence-electron chi connectivity index (χ0n) is 12.9. The minimum atomic E-state index is -0.108. The molecule has 4 aliphatic rings. The number of nitrogens with two attached hydrogens (primary N) is 1. The van der Waals surface area contributed by atoms with Gasteiger partial charge in [0, 0.05) is 5.41 Å². The van der Waals surface area contributed by atoms with E-state index in [0.717, 1.165) is 11.7 Å². The average molecular weight is 274 g/mol. The average Bonchev–Trinajstić information content (AvgIpc) is 2.72. The summed E-state index contributed by atoms with van der Waals surface area (Å²) in [5.41, 5.74) is 7.17. The zero-order valence-corrected chi connectivity index (χ0v) is 12.9. The Bertz CT molecular complexity index is 529. The van der Waals surface area contributed by atoms with E-state index in [2.05, 4.69) is 18.8 Å². The molecule has 0 amide bonds. The summed E-state index contributed by atoms with van der Waals surface area (Å²) in [7, 11) is 0. The summed E-state index contributed by atoms with van der Waals surface area (Å²) in [6, 6.07) is -0.108. The van der Waals surface area contributed by atoms with Crippen LogP contribution in [0.4, 0.5) is 0 Å². The van der Waals surface area contributed by atoms with Gasteiger partial charge in [-0.1, -0.05) is 13.8 Å². The van der Waals surface area contributed by atoms with E-state index in [9.17, 15) is 0 Å². The lowest BCUT2D eigenvalue weighted by atomic mass is 9.40. The van der Waals surface area contributed by atoms with Crippen LogP contribution in [0.25, 0.3) is 0 Å². The molecule has 4 fully saturated rings. The molecule has 0 spiro atoms. The third-order valence-electron chi connectivity index (χ3n) is 6.06. The van der Waals surface area contributed by atoms with Gasteiger partial charge in [-0.15, -0.1) is 0 Å². The Morgan fingerprint density at radius 3 is 2.35 bits per heavy atom. The highest BCUT2D eigenvalue weighted by Crippen LogP contribution is 2.69. The molecule has 3 heteroatoms. The summed E-state index contributed by atoms with van der Waals surface area (Å²) in [4.78, 5) is 4.43. The first-order valence-electron chi connectivity index (χ1n) is 8.03. The predicted molar refractivity (Wildman–Crippen MR) is 78.2 cm³/mol. The van der Waals surface area contributed by atoms with Gasteiger partial charge in [-0.05, 0) is 62.2 Å². The SMILES string of the molecule is CC(N)c1ncc(C23CC4CC(C)(CC(C)(C4)C2)C3)o1. The van der Waals surface area contributed by atoms with E-state index >= 15 is 0 Å². The second kappa shape index (κ2) is 3.68. The predicted octanol–water partition coefficient (Wildman–Crippen LogP) is 3.94. The number of aromatic nitrogens is 1. The number of oxazole rings is 1. The second-order valence-corrected chi connectivity index (χ2v) is 8.76. The normalized spacial score (nSPS) is 47.7. The summed E-state index contributed by atoms with van der Waals surface area (Å²) in [5, 5.41) is 0. The molecule has 0 radical (unpaired) electrons. The molecule has 1 heterocycles. The first kappa shape index (κ1) is 12.9. The molecule has 4 bridgehead atoms. The van der Waals surface area contributed by atoms with Gasteiger partial charge < -0.3 is 10.2 Å². The van der Waals surface area contributed by atoms with E-state index in [1.54, 1.807) is 0 Å². The molecular formula is C17H26N2O. The van der Waals surface area contributed by atoms with Gasteiger partial charge in [-0.3, -0.25) is 0 Å². The van der Waals surface area contributed by atoms with Crippen molar-refractivity contribution in [3.63, 3.8) is 0 Å². The maximum atomic E-state index is 6.08. The minimum absolute atomic E-state index is 0.108. The minimum Gasteiger partial charge on any atom is -0.443 e. The molecule has 20 heavy (non-hydrogen) atoms. The van der Waals surface area contributed by atoms with Gasteiger partial charge >= 0.3 is 0 Å². The van der Waals surface area contributed by atoms with Crippen molar-refractivity contribution in [2.75, 3.05) is 0 Å². The van der Waals surface area contributed by atoms with Crippen LogP contribution in [0.2, 0.25) is 0 Å². The van der Waals surface area contributed by atoms with Crippen LogP contribution in [-0.2, 0) is 5.41 Å². The standard InChI is InChI=1S/C17H26N2O/c1-11(18)14-19-7-13(20-14)17-6-12-4-15(2,9-17)8-16(3,5-12)10-17/h7,11-12H,4-6,8-10,18H2,1-3H3. The van der Waals surface area contributed by atoms with E-state index in [0.29, 0.717) is 16.7 Å². The van der Waals surface area contributed by atoms with Crippen molar-refractivity contribution in [2.24, 2.45) is 22.5 Å². The number of hydrogen-bond acceptors (Lipinski definition) is 3. The van der Waals surface area contributed by atoms with Gasteiger partial charge in [0.05, 0.1) is 12.2 Å². The third-order valence-corrected chi connectivity index (χ3v) is 6.06. The summed E-state index contributed by atoms with van der Waals surface area (Å²) < 4.78 is 6.08. The van der Waals surface area contributed by atoms with Gasteiger partial charge in [-0.25, -0.2) is 4.98 Å². The van der Waals surface area contributed by atoms with Crippen molar-refractivity contribution >= 4 is 0 Å². The monoisotopic (exact) mass is 274 g/mol. The second-order valence-electron chi connectivity index (χ2n) is 8.76. The highest BCUT2D eigenvalue weighted by molar-refractivity contribution is 5.23. The summed E-state index contributed by atoms with van der Waals surface area (Å²) in [6.45, 7) is 6.93. The van der Waals surface area contributed by atoms with Crippen molar-refractivity contribution in [3.05, 3.63) is 17.8 Å². The fraction of sp³-hybridized carbons (Fsp3) is 0.824. The van der Waals surface area contributed by atoms with E-state index in [1.807, 2.05) is 13.1 Å². The van der Waals surface area contributed by atoms with Crippen molar-refractivity contribution < 1.29 is 4.42 Å². The molecule has 0 aliphatic heterocycles. The first-order chi connectivity index (χ1) is 9.32. The molecular weight excluding hydrogens is 248 g/mol. The molecule has 4 saturated carbocycles. The molecule has 110 valence electrons. The third kappa shape index (κ3) is 1.71. The van der Waals surface area contributed by atoms with E-state index < -0.39 is 0 Å². The lowest BCUT2D eigenvalue weighted by molar-refractivity contribution is -0.116. The number of hydrogen-bond donors (Lipinski definition) is 1. The quantitative estimate of drug-likeness (QED) is 0.888. The van der Waals surface area contributed by atoms with Crippen LogP contribution < -0.4 is 5.73 Å². The Morgan fingerprint density at radius 2 is 1.85 bits per heavy atom. The van der Waals surface area contributed by atoms with Crippen molar-refractivity contribution in [1.82, 2.24) is 4.98 Å². The molecule has 1 aromatic rings. The van der Waals surface area contributed by atoms with Crippen LogP contribution in [0, 0.1) is 16.7 Å². The van der Waals surface area contributed by atoms with Crippen molar-refractivity contribution in [3.8, 4) is 0 Å². The summed E-state index contributed by atoms with van der Waals surface area (Å²) >= 11 is 0. The number of rotatable bonds is 2. The van der Waals surface area contributed by atoms with Gasteiger partial charge in [0.25, 0.3) is 0 Å². The van der Waals surface area contributed by atoms with Crippen molar-refractivity contribution in [1.29, 1.82) is 0 Å². The van der Waals surface area contributed by atoms with Crippen LogP contribution in [0.5, 0.6) is 0 Å². The first-order valence-corrected chi connectivity index (χ1v) is 8.03. The summed E-state index contributed by atoms with van der Waals surface area (Å²) in [5.74, 6) is 2.70. The highest BCUT2D eigenvalue weighted by atomic mass is 16.4. The molecule has 1 aromatic heterocycles. The van der Waals surface area contributed by atoms with Crippen LogP contribution >= 0.6 is 0 Å². The molecule has 5 rings (SSSR count). The van der Waals surface area contributed by atoms with Gasteiger partial charge in [0.1, 0.15) is 5.76 Å². The maximum absolute atomic E-state index is 6.08. The van der Waals surface area contributed by atoms with Crippen LogP contribution in [0.15, 0.2) is 10.6 Å². The lowest BCUT2D eigenvalue weighted by Crippen LogP contribution is -2.56. The zero-order chi connectivity index (χ0) is 14.2. The summed E-state index contributed by atoms with van der Waals surface area (Å²) in [6.07, 6.45) is 10.0. The Labute approximate surface area is 121 Å².